The number of nitrogens with zero attached hydrogens (tertiary/aromatic N) is 5. The lowest BCUT2D eigenvalue weighted by molar-refractivity contribution is 0.0905. The molecule has 0 bridgehead atoms. The minimum absolute atomic E-state index is 0.0446. The van der Waals surface area contributed by atoms with Gasteiger partial charge in [0.25, 0.3) is 0 Å². The maximum atomic E-state index is 14.5. The Labute approximate surface area is 272 Å². The Kier molecular flexibility index (Phi) is 6.06. The zero-order valence-electron chi connectivity index (χ0n) is 26.1. The van der Waals surface area contributed by atoms with Gasteiger partial charge < -0.3 is 24.8 Å². The number of phenols is 2. The highest BCUT2D eigenvalue weighted by Gasteiger charge is 2.55. The molecule has 1 aliphatic heterocycles. The van der Waals surface area contributed by atoms with Crippen LogP contribution in [0.2, 0.25) is 0 Å². The third kappa shape index (κ3) is 3.79. The summed E-state index contributed by atoms with van der Waals surface area (Å²) in [5.74, 6) is -0.596. The molecule has 238 valence electrons. The number of methoxy groups -OCH3 is 1. The van der Waals surface area contributed by atoms with Gasteiger partial charge in [-0.15, -0.1) is 0 Å². The molecule has 48 heavy (non-hydrogen) atoms. The largest absolute Gasteiger partial charge is 0.507 e. The molecule has 4 heterocycles. The number of Topliss-reactive ketones (excluding diaryl/α,β-unsaturated/α-hetero) is 1. The molecule has 1 aliphatic carbocycles. The van der Waals surface area contributed by atoms with Crippen LogP contribution in [0.1, 0.15) is 39.8 Å². The molecule has 8 rings (SSSR count). The Morgan fingerprint density at radius 3 is 2.29 bits per heavy atom. The van der Waals surface area contributed by atoms with Crippen LogP contribution >= 0.6 is 0 Å². The molecule has 0 saturated carbocycles. The first-order chi connectivity index (χ1) is 23.0. The normalized spacial score (nSPS) is 16.2. The Morgan fingerprint density at radius 1 is 0.854 bits per heavy atom. The quantitative estimate of drug-likeness (QED) is 0.231. The second-order valence-corrected chi connectivity index (χ2v) is 11.9. The molecule has 0 unspecified atom stereocenters. The lowest BCUT2D eigenvalue weighted by Gasteiger charge is -2.27. The molecule has 6 aromatic rings. The first-order valence-corrected chi connectivity index (χ1v) is 15.0. The van der Waals surface area contributed by atoms with Crippen LogP contribution in [0.4, 0.5) is 0 Å². The van der Waals surface area contributed by atoms with Crippen LogP contribution in [0.15, 0.2) is 77.3 Å². The number of hydrogen-bond donors (Lipinski definition) is 3. The summed E-state index contributed by atoms with van der Waals surface area (Å²) in [4.78, 5) is 36.2. The number of phenolic OH excluding ortho intramolecular Hbond substituents is 2. The van der Waals surface area contributed by atoms with Gasteiger partial charge in [0.2, 0.25) is 5.88 Å². The summed E-state index contributed by atoms with van der Waals surface area (Å²) >= 11 is 0. The van der Waals surface area contributed by atoms with E-state index in [1.165, 1.54) is 30.7 Å². The number of allylic oxidation sites excluding steroid dienone is 1. The number of aryl methyl sites for hydroxylation is 1. The molecule has 3 aromatic carbocycles. The fourth-order valence-electron chi connectivity index (χ4n) is 6.65. The molecule has 0 radical (unpaired) electrons. The molecule has 0 spiro atoms. The van der Waals surface area contributed by atoms with E-state index in [9.17, 15) is 24.9 Å². The van der Waals surface area contributed by atoms with Crippen LogP contribution in [0.3, 0.4) is 0 Å². The SMILES string of the molecule is COc1ccc(-n2c(=O)nc(O)c3ccc(-c4c(O)c(C)c(O)c5c4OC4=Cc6c(c(C)nn6-c6ccccc6)C(=O)[C@@]45C)nc32)cc1. The zero-order valence-corrected chi connectivity index (χ0v) is 26.1. The number of carbonyl (C=O) groups excluding carboxylic acids is 1. The van der Waals surface area contributed by atoms with Gasteiger partial charge >= 0.3 is 5.69 Å². The van der Waals surface area contributed by atoms with Gasteiger partial charge in [-0.3, -0.25) is 4.79 Å². The Morgan fingerprint density at radius 2 is 1.58 bits per heavy atom. The predicted octanol–water partition coefficient (Wildman–Crippen LogP) is 5.26. The van der Waals surface area contributed by atoms with Gasteiger partial charge in [0.15, 0.2) is 11.4 Å². The van der Waals surface area contributed by atoms with E-state index in [2.05, 4.69) is 10.1 Å². The minimum Gasteiger partial charge on any atom is -0.507 e. The third-order valence-corrected chi connectivity index (χ3v) is 9.20. The van der Waals surface area contributed by atoms with Crippen LogP contribution < -0.4 is 15.2 Å². The Bertz CT molecular complexity index is 2460. The summed E-state index contributed by atoms with van der Waals surface area (Å²) < 4.78 is 14.6. The van der Waals surface area contributed by atoms with E-state index in [4.69, 9.17) is 14.5 Å². The smallest absolute Gasteiger partial charge is 0.357 e. The highest BCUT2D eigenvalue weighted by atomic mass is 16.5. The molecule has 0 saturated heterocycles. The molecular weight excluding hydrogens is 614 g/mol. The average Bonchev–Trinajstić information content (AvgIpc) is 3.58. The monoisotopic (exact) mass is 641 g/mol. The molecule has 3 aromatic heterocycles. The van der Waals surface area contributed by atoms with E-state index in [-0.39, 0.29) is 62.2 Å². The number of fused-ring (bicyclic) bond motifs is 5. The lowest BCUT2D eigenvalue weighted by Crippen LogP contribution is -2.36. The van der Waals surface area contributed by atoms with Crippen LogP contribution in [0.25, 0.3) is 39.7 Å². The highest BCUT2D eigenvalue weighted by molar-refractivity contribution is 6.14. The molecule has 12 heteroatoms. The van der Waals surface area contributed by atoms with Crippen LogP contribution in [0.5, 0.6) is 28.9 Å². The number of benzene rings is 3. The van der Waals surface area contributed by atoms with Gasteiger partial charge in [-0.05, 0) is 69.3 Å². The number of pyridine rings is 1. The second kappa shape index (κ2) is 10.0. The summed E-state index contributed by atoms with van der Waals surface area (Å²) in [6.07, 6.45) is 1.73. The van der Waals surface area contributed by atoms with Gasteiger partial charge in [0, 0.05) is 11.6 Å². The minimum atomic E-state index is -1.46. The van der Waals surface area contributed by atoms with Gasteiger partial charge in [-0.1, -0.05) is 18.2 Å². The maximum absolute atomic E-state index is 14.5. The molecule has 1 atom stereocenters. The third-order valence-electron chi connectivity index (χ3n) is 9.20. The van der Waals surface area contributed by atoms with Crippen molar-refractivity contribution in [1.29, 1.82) is 0 Å². The van der Waals surface area contributed by atoms with E-state index in [1.54, 1.807) is 48.9 Å². The summed E-state index contributed by atoms with van der Waals surface area (Å²) in [5.41, 5.74) is 0.950. The molecule has 2 aliphatic rings. The van der Waals surface area contributed by atoms with E-state index >= 15 is 0 Å². The number of ketones is 1. The van der Waals surface area contributed by atoms with E-state index in [1.807, 2.05) is 30.3 Å². The van der Waals surface area contributed by atoms with Crippen LogP contribution in [-0.2, 0) is 5.41 Å². The van der Waals surface area contributed by atoms with Crippen molar-refractivity contribution >= 4 is 22.9 Å². The summed E-state index contributed by atoms with van der Waals surface area (Å²) in [6, 6.07) is 19.1. The van der Waals surface area contributed by atoms with Crippen molar-refractivity contribution in [3.05, 3.63) is 111 Å². The predicted molar refractivity (Wildman–Crippen MR) is 175 cm³/mol. The molecule has 12 nitrogen and oxygen atoms in total. The van der Waals surface area contributed by atoms with Crippen LogP contribution in [0, 0.1) is 13.8 Å². The van der Waals surface area contributed by atoms with Crippen molar-refractivity contribution in [1.82, 2.24) is 24.3 Å². The van der Waals surface area contributed by atoms with Crippen molar-refractivity contribution in [3.8, 4) is 51.5 Å². The summed E-state index contributed by atoms with van der Waals surface area (Å²) in [7, 11) is 1.52. The Hall–Kier alpha value is -6.43. The molecule has 3 N–H and O–H groups in total. The fraction of sp³-hybridized carbons (Fsp3) is 0.139. The average molecular weight is 642 g/mol. The lowest BCUT2D eigenvalue weighted by atomic mass is 9.71. The van der Waals surface area contributed by atoms with Crippen molar-refractivity contribution in [3.63, 3.8) is 0 Å². The van der Waals surface area contributed by atoms with E-state index in [0.29, 0.717) is 28.4 Å². The van der Waals surface area contributed by atoms with E-state index in [0.717, 1.165) is 5.69 Å². The van der Waals surface area contributed by atoms with Crippen molar-refractivity contribution in [2.75, 3.05) is 7.11 Å². The van der Waals surface area contributed by atoms with Gasteiger partial charge in [0.05, 0.1) is 57.6 Å². The van der Waals surface area contributed by atoms with Gasteiger partial charge in [-0.25, -0.2) is 19.0 Å². The van der Waals surface area contributed by atoms with Gasteiger partial charge in [0.1, 0.15) is 34.2 Å². The second-order valence-electron chi connectivity index (χ2n) is 11.9. The van der Waals surface area contributed by atoms with E-state index < -0.39 is 17.0 Å². The summed E-state index contributed by atoms with van der Waals surface area (Å²) in [5, 5.41) is 38.5. The number of rotatable bonds is 4. The number of carbonyl (C=O) groups is 1. The number of para-hydroxylation sites is 1. The van der Waals surface area contributed by atoms with Crippen molar-refractivity contribution in [2.24, 2.45) is 0 Å². The topological polar surface area (TPSA) is 162 Å². The fourth-order valence-corrected chi connectivity index (χ4v) is 6.65. The number of aromatic nitrogens is 5. The zero-order chi connectivity index (χ0) is 33.6. The first-order valence-electron chi connectivity index (χ1n) is 15.0. The maximum Gasteiger partial charge on any atom is 0.357 e. The Balaban J connectivity index is 1.36. The number of ether oxygens (including phenoxy) is 2. The summed E-state index contributed by atoms with van der Waals surface area (Å²) in [6.45, 7) is 4.96. The number of hydrogen-bond acceptors (Lipinski definition) is 10. The van der Waals surface area contributed by atoms with Crippen molar-refractivity contribution in [2.45, 2.75) is 26.2 Å². The molecular formula is C36H27N5O7. The van der Waals surface area contributed by atoms with Crippen molar-refractivity contribution < 1.29 is 29.6 Å². The van der Waals surface area contributed by atoms with Gasteiger partial charge in [-0.2, -0.15) is 10.1 Å². The number of aromatic hydroxyl groups is 3. The highest BCUT2D eigenvalue weighted by Crippen LogP contribution is 2.60. The van der Waals surface area contributed by atoms with Crippen LogP contribution in [-0.4, -0.2) is 52.5 Å². The first kappa shape index (κ1) is 29.0. The molecule has 0 amide bonds. The standard InChI is InChI=1S/C36H27N5O7/c1-17-29(42)27(23-15-14-22-33(37-23)40(35(46)38-34(22)45)19-10-12-21(47-4)13-11-19)31-28(30(17)43)36(3)25(48-31)16-24-26(32(36)44)18(2)39-41(24)20-8-6-5-7-9-20/h5-16,42-43H,1-4H3,(H,38,45,46)/t36-/m0/s1. The molecule has 0 fully saturated rings.